The fourth-order valence-electron chi connectivity index (χ4n) is 2.28. The van der Waals surface area contributed by atoms with Crippen LogP contribution >= 0.6 is 0 Å². The molecule has 0 saturated heterocycles. The van der Waals surface area contributed by atoms with Crippen LogP contribution in [-0.4, -0.2) is 20.4 Å². The van der Waals surface area contributed by atoms with Gasteiger partial charge in [0.25, 0.3) is 5.91 Å². The maximum Gasteiger partial charge on any atom is 0.251 e. The highest BCUT2D eigenvalue weighted by Gasteiger charge is 2.17. The molecular formula is C19H24N2O3S. The van der Waals surface area contributed by atoms with Crippen molar-refractivity contribution >= 4 is 15.9 Å². The predicted molar refractivity (Wildman–Crippen MR) is 98.9 cm³/mol. The highest BCUT2D eigenvalue weighted by Crippen LogP contribution is 2.14. The fourth-order valence-corrected chi connectivity index (χ4v) is 3.33. The van der Waals surface area contributed by atoms with Crippen LogP contribution in [0.2, 0.25) is 0 Å². The molecule has 0 bridgehead atoms. The van der Waals surface area contributed by atoms with Gasteiger partial charge in [-0.25, -0.2) is 13.1 Å². The van der Waals surface area contributed by atoms with Crippen LogP contribution < -0.4 is 10.0 Å². The molecule has 0 aliphatic carbocycles. The van der Waals surface area contributed by atoms with Crippen LogP contribution in [0, 0.1) is 6.92 Å². The van der Waals surface area contributed by atoms with Gasteiger partial charge in [0.05, 0.1) is 4.90 Å². The molecule has 0 aromatic heterocycles. The van der Waals surface area contributed by atoms with Gasteiger partial charge < -0.3 is 5.32 Å². The van der Waals surface area contributed by atoms with Crippen molar-refractivity contribution in [2.45, 2.75) is 44.7 Å². The van der Waals surface area contributed by atoms with Gasteiger partial charge in [-0.1, -0.05) is 37.3 Å². The molecule has 0 spiro atoms. The summed E-state index contributed by atoms with van der Waals surface area (Å²) < 4.78 is 27.6. The van der Waals surface area contributed by atoms with Crippen LogP contribution in [0.15, 0.2) is 53.4 Å². The number of aryl methyl sites for hydroxylation is 1. The van der Waals surface area contributed by atoms with Gasteiger partial charge >= 0.3 is 0 Å². The van der Waals surface area contributed by atoms with Crippen molar-refractivity contribution in [3.8, 4) is 0 Å². The minimum absolute atomic E-state index is 0.0342. The molecule has 6 heteroatoms. The molecule has 2 N–H and O–H groups in total. The van der Waals surface area contributed by atoms with Crippen molar-refractivity contribution in [2.24, 2.45) is 0 Å². The Kier molecular flexibility index (Phi) is 6.33. The summed E-state index contributed by atoms with van der Waals surface area (Å²) in [5.41, 5.74) is 2.27. The molecule has 25 heavy (non-hydrogen) atoms. The highest BCUT2D eigenvalue weighted by molar-refractivity contribution is 7.89. The Hall–Kier alpha value is -2.18. The van der Waals surface area contributed by atoms with E-state index in [4.69, 9.17) is 0 Å². The number of hydrogen-bond donors (Lipinski definition) is 2. The number of carbonyl (C=O) groups is 1. The van der Waals surface area contributed by atoms with Gasteiger partial charge in [-0.2, -0.15) is 0 Å². The topological polar surface area (TPSA) is 75.3 Å². The van der Waals surface area contributed by atoms with E-state index < -0.39 is 10.0 Å². The lowest BCUT2D eigenvalue weighted by Gasteiger charge is -2.13. The smallest absolute Gasteiger partial charge is 0.251 e. The number of nitrogens with one attached hydrogen (secondary N) is 2. The number of hydrogen-bond acceptors (Lipinski definition) is 3. The Morgan fingerprint density at radius 3 is 2.52 bits per heavy atom. The molecule has 0 fully saturated rings. The minimum atomic E-state index is -3.70. The van der Waals surface area contributed by atoms with Crippen molar-refractivity contribution in [1.29, 1.82) is 0 Å². The zero-order valence-corrected chi connectivity index (χ0v) is 15.6. The summed E-state index contributed by atoms with van der Waals surface area (Å²) in [6.45, 7) is 6.02. The molecular weight excluding hydrogens is 336 g/mol. The Bertz CT molecular complexity index is 847. The van der Waals surface area contributed by atoms with Crippen LogP contribution in [0.4, 0.5) is 0 Å². The lowest BCUT2D eigenvalue weighted by Crippen LogP contribution is -2.32. The van der Waals surface area contributed by atoms with E-state index in [0.717, 1.165) is 17.5 Å². The number of sulfonamides is 1. The van der Waals surface area contributed by atoms with Gasteiger partial charge in [-0.3, -0.25) is 4.79 Å². The summed E-state index contributed by atoms with van der Waals surface area (Å²) in [6, 6.07) is 13.7. The molecule has 1 unspecified atom stereocenters. The molecule has 0 radical (unpaired) electrons. The first-order valence-electron chi connectivity index (χ1n) is 8.28. The summed E-state index contributed by atoms with van der Waals surface area (Å²) >= 11 is 0. The Morgan fingerprint density at radius 1 is 1.12 bits per heavy atom. The molecule has 1 amide bonds. The van der Waals surface area contributed by atoms with Crippen LogP contribution in [-0.2, 0) is 16.6 Å². The Balaban J connectivity index is 2.15. The SMILES string of the molecule is CCC(C)NC(=O)c1cccc(S(=O)(=O)NCc2ccccc2C)c1. The summed E-state index contributed by atoms with van der Waals surface area (Å²) in [7, 11) is -3.70. The number of benzene rings is 2. The van der Waals surface area contributed by atoms with E-state index in [-0.39, 0.29) is 23.4 Å². The zero-order valence-electron chi connectivity index (χ0n) is 14.7. The van der Waals surface area contributed by atoms with Crippen LogP contribution in [0.25, 0.3) is 0 Å². The highest BCUT2D eigenvalue weighted by atomic mass is 32.2. The van der Waals surface area contributed by atoms with E-state index in [0.29, 0.717) is 5.56 Å². The van der Waals surface area contributed by atoms with Crippen molar-refractivity contribution in [3.05, 3.63) is 65.2 Å². The number of rotatable bonds is 7. The van der Waals surface area contributed by atoms with E-state index in [9.17, 15) is 13.2 Å². The summed E-state index contributed by atoms with van der Waals surface area (Å²) in [4.78, 5) is 12.3. The standard InChI is InChI=1S/C19H24N2O3S/c1-4-15(3)21-19(22)16-10-7-11-18(12-16)25(23,24)20-13-17-9-6-5-8-14(17)2/h5-12,15,20H,4,13H2,1-3H3,(H,21,22). The molecule has 2 rings (SSSR count). The molecule has 1 atom stereocenters. The molecule has 0 aliphatic rings. The van der Waals surface area contributed by atoms with Crippen LogP contribution in [0.3, 0.4) is 0 Å². The summed E-state index contributed by atoms with van der Waals surface area (Å²) in [5.74, 6) is -0.273. The first kappa shape index (κ1) is 19.1. The maximum absolute atomic E-state index is 12.5. The fraction of sp³-hybridized carbons (Fsp3) is 0.316. The van der Waals surface area contributed by atoms with Crippen LogP contribution in [0.5, 0.6) is 0 Å². The third-order valence-electron chi connectivity index (χ3n) is 4.11. The van der Waals surface area contributed by atoms with E-state index in [2.05, 4.69) is 10.0 Å². The molecule has 2 aromatic rings. The largest absolute Gasteiger partial charge is 0.350 e. The Morgan fingerprint density at radius 2 is 1.84 bits per heavy atom. The molecule has 0 heterocycles. The van der Waals surface area contributed by atoms with Gasteiger partial charge in [-0.15, -0.1) is 0 Å². The lowest BCUT2D eigenvalue weighted by molar-refractivity contribution is 0.0939. The second kappa shape index (κ2) is 8.27. The zero-order chi connectivity index (χ0) is 18.4. The first-order valence-corrected chi connectivity index (χ1v) is 9.77. The molecule has 2 aromatic carbocycles. The summed E-state index contributed by atoms with van der Waals surface area (Å²) in [6.07, 6.45) is 0.807. The number of amides is 1. The van der Waals surface area contributed by atoms with Crippen molar-refractivity contribution < 1.29 is 13.2 Å². The second-order valence-electron chi connectivity index (χ2n) is 6.06. The van der Waals surface area contributed by atoms with Crippen molar-refractivity contribution in [3.63, 3.8) is 0 Å². The quantitative estimate of drug-likeness (QED) is 0.797. The Labute approximate surface area is 149 Å². The van der Waals surface area contributed by atoms with E-state index >= 15 is 0 Å². The number of carbonyl (C=O) groups excluding carboxylic acids is 1. The van der Waals surface area contributed by atoms with E-state index in [1.165, 1.54) is 12.1 Å². The van der Waals surface area contributed by atoms with Gasteiger partial charge in [0.1, 0.15) is 0 Å². The van der Waals surface area contributed by atoms with Crippen LogP contribution in [0.1, 0.15) is 41.8 Å². The van der Waals surface area contributed by atoms with E-state index in [1.807, 2.05) is 45.0 Å². The maximum atomic E-state index is 12.5. The lowest BCUT2D eigenvalue weighted by atomic mass is 10.1. The average molecular weight is 360 g/mol. The monoisotopic (exact) mass is 360 g/mol. The van der Waals surface area contributed by atoms with Gasteiger partial charge in [-0.05, 0) is 49.6 Å². The van der Waals surface area contributed by atoms with E-state index in [1.54, 1.807) is 12.1 Å². The summed E-state index contributed by atoms with van der Waals surface area (Å²) in [5, 5.41) is 2.84. The third kappa shape index (κ3) is 5.14. The van der Waals surface area contributed by atoms with Gasteiger partial charge in [0.2, 0.25) is 10.0 Å². The molecule has 0 saturated carbocycles. The van der Waals surface area contributed by atoms with Crippen molar-refractivity contribution in [1.82, 2.24) is 10.0 Å². The molecule has 0 aliphatic heterocycles. The van der Waals surface area contributed by atoms with Crippen molar-refractivity contribution in [2.75, 3.05) is 0 Å². The minimum Gasteiger partial charge on any atom is -0.350 e. The molecule has 134 valence electrons. The normalized spacial score (nSPS) is 12.6. The predicted octanol–water partition coefficient (Wildman–Crippen LogP) is 3.00. The third-order valence-corrected chi connectivity index (χ3v) is 5.51. The molecule has 5 nitrogen and oxygen atoms in total. The van der Waals surface area contributed by atoms with Gasteiger partial charge in [0.15, 0.2) is 0 Å². The average Bonchev–Trinajstić information content (AvgIpc) is 2.61. The first-order chi connectivity index (χ1) is 11.8. The second-order valence-corrected chi connectivity index (χ2v) is 7.83. The van der Waals surface area contributed by atoms with Gasteiger partial charge in [0, 0.05) is 18.2 Å².